The molecule has 47 heavy (non-hydrogen) atoms. The number of ketones is 1. The van der Waals surface area contributed by atoms with Crippen molar-refractivity contribution in [3.8, 4) is 0 Å². The first kappa shape index (κ1) is 53.0. The van der Waals surface area contributed by atoms with E-state index in [1.807, 2.05) is 11.8 Å². The van der Waals surface area contributed by atoms with Crippen LogP contribution in [0, 0.1) is 11.3 Å². The van der Waals surface area contributed by atoms with Crippen LogP contribution < -0.4 is 28.3 Å². The van der Waals surface area contributed by atoms with Gasteiger partial charge in [0.05, 0.1) is 12.1 Å². The summed E-state index contributed by atoms with van der Waals surface area (Å²) in [5, 5.41) is 9.90. The number of carbonyl (C=O) groups excluding carboxylic acids is 2. The fraction of sp³-hybridized carbons (Fsp3) is 0.914. The van der Waals surface area contributed by atoms with E-state index in [0.29, 0.717) is 13.0 Å². The number of carbonyl (C=O) groups is 2. The Morgan fingerprint density at radius 1 is 0.638 bits per heavy atom. The van der Waals surface area contributed by atoms with E-state index in [2.05, 4.69) is 12.2 Å². The lowest BCUT2D eigenvalue weighted by Gasteiger charge is -2.25. The van der Waals surface area contributed by atoms with E-state index in [-0.39, 0.29) is 67.3 Å². The average molecular weight is 733 g/mol. The molecule has 0 radical (unpaired) electrons. The minimum atomic E-state index is -0.577. The number of rotatable bonds is 32. The topological polar surface area (TPSA) is 177 Å². The molecule has 0 aliphatic carbocycles. The zero-order valence-electron chi connectivity index (χ0n) is 30.1. The molecule has 0 fully saturated rings. The van der Waals surface area contributed by atoms with E-state index in [0.717, 1.165) is 51.6 Å². The Morgan fingerprint density at radius 2 is 1.04 bits per heavy atom. The van der Waals surface area contributed by atoms with Crippen LogP contribution in [0.25, 0.3) is 0 Å². The van der Waals surface area contributed by atoms with Gasteiger partial charge in [0, 0.05) is 32.1 Å². The number of hydrogen-bond acceptors (Lipinski definition) is 6. The summed E-state index contributed by atoms with van der Waals surface area (Å²) in [4.78, 5) is 27.2. The summed E-state index contributed by atoms with van der Waals surface area (Å²) in [6.07, 6.45) is 27.1. The second kappa shape index (κ2) is 38.0. The number of nitrogens with zero attached hydrogens (tertiary/aromatic N) is 1. The van der Waals surface area contributed by atoms with Crippen molar-refractivity contribution in [1.82, 2.24) is 10.2 Å². The van der Waals surface area contributed by atoms with E-state index >= 15 is 0 Å². The van der Waals surface area contributed by atoms with Crippen LogP contribution >= 0.6 is 37.2 Å². The molecule has 0 aromatic rings. The Labute approximate surface area is 307 Å². The maximum absolute atomic E-state index is 12.7. The number of amides is 1. The van der Waals surface area contributed by atoms with Crippen molar-refractivity contribution in [2.45, 2.75) is 174 Å². The summed E-state index contributed by atoms with van der Waals surface area (Å²) in [6.45, 7) is 6.65. The first-order chi connectivity index (χ1) is 21.2. The second-order valence-electron chi connectivity index (χ2n) is 13.1. The van der Waals surface area contributed by atoms with Crippen molar-refractivity contribution in [2.75, 3.05) is 26.2 Å². The maximum Gasteiger partial charge on any atom is 0.240 e. The van der Waals surface area contributed by atoms with E-state index in [1.54, 1.807) is 0 Å². The predicted molar refractivity (Wildman–Crippen MR) is 209 cm³/mol. The largest absolute Gasteiger partial charge is 0.370 e. The highest BCUT2D eigenvalue weighted by molar-refractivity contribution is 5.86. The lowest BCUT2D eigenvalue weighted by Crippen LogP contribution is -2.48. The Balaban J connectivity index is -0.00000308. The molecule has 2 unspecified atom stereocenters. The molecule has 1 amide bonds. The molecule has 284 valence electrons. The molecule has 0 bridgehead atoms. The minimum absolute atomic E-state index is 0. The zero-order chi connectivity index (χ0) is 32.8. The van der Waals surface area contributed by atoms with Crippen molar-refractivity contribution in [3.63, 3.8) is 0 Å². The third-order valence-electron chi connectivity index (χ3n) is 8.84. The highest BCUT2D eigenvalue weighted by Gasteiger charge is 2.20. The molecular weight excluding hydrogens is 657 g/mol. The quantitative estimate of drug-likeness (QED) is 0.0237. The maximum atomic E-state index is 12.7. The van der Waals surface area contributed by atoms with Gasteiger partial charge in [0.2, 0.25) is 5.91 Å². The van der Waals surface area contributed by atoms with Crippen molar-refractivity contribution < 1.29 is 9.59 Å². The van der Waals surface area contributed by atoms with E-state index in [4.69, 9.17) is 28.3 Å². The van der Waals surface area contributed by atoms with Crippen LogP contribution in [0.2, 0.25) is 0 Å². The Morgan fingerprint density at radius 3 is 1.45 bits per heavy atom. The van der Waals surface area contributed by atoms with Crippen LogP contribution in [0.4, 0.5) is 0 Å². The van der Waals surface area contributed by atoms with Gasteiger partial charge in [-0.1, -0.05) is 129 Å². The summed E-state index contributed by atoms with van der Waals surface area (Å²) in [6, 6.07) is -0.998. The lowest BCUT2D eigenvalue weighted by atomic mass is 9.92. The molecule has 0 saturated carbocycles. The molecule has 0 heterocycles. The first-order valence-corrected chi connectivity index (χ1v) is 18.4. The molecule has 0 aliphatic rings. The zero-order valence-corrected chi connectivity index (χ0v) is 32.6. The molecule has 0 aromatic carbocycles. The summed E-state index contributed by atoms with van der Waals surface area (Å²) < 4.78 is 0. The van der Waals surface area contributed by atoms with Gasteiger partial charge in [-0.2, -0.15) is 0 Å². The smallest absolute Gasteiger partial charge is 0.240 e. The van der Waals surface area contributed by atoms with Crippen LogP contribution in [0.15, 0.2) is 0 Å². The molecule has 3 atom stereocenters. The van der Waals surface area contributed by atoms with E-state index in [9.17, 15) is 9.59 Å². The highest BCUT2D eigenvalue weighted by Crippen LogP contribution is 2.16. The minimum Gasteiger partial charge on any atom is -0.370 e. The molecule has 0 aliphatic heterocycles. The number of unbranched alkanes of at least 4 members (excludes halogenated alkanes) is 18. The van der Waals surface area contributed by atoms with E-state index < -0.39 is 12.1 Å². The molecule has 0 rings (SSSR count). The third-order valence-corrected chi connectivity index (χ3v) is 8.84. The standard InChI is InChI=1S/C35H73N7O2.3ClH/c1-3-4-5-6-7-8-12-15-18-21-27-42(34(44)32(38)29-36)28-22-19-16-13-10-9-11-14-17-20-24-30(2)33(43)31(37)25-23-26-41-35(39)40;;;/h30-32H,3-29,36-38H2,1-2H3,(H4,39,40,41);3*1H/t30?,31-,32?;;;/m0.../s1. The van der Waals surface area contributed by atoms with Gasteiger partial charge in [-0.3, -0.25) is 15.0 Å². The fourth-order valence-corrected chi connectivity index (χ4v) is 5.82. The molecule has 10 N–H and O–H groups in total. The summed E-state index contributed by atoms with van der Waals surface area (Å²) in [5.74, 6) is 0.136. The monoisotopic (exact) mass is 732 g/mol. The number of guanidine groups is 1. The summed E-state index contributed by atoms with van der Waals surface area (Å²) >= 11 is 0. The normalized spacial score (nSPS) is 12.5. The molecule has 12 heteroatoms. The van der Waals surface area contributed by atoms with Gasteiger partial charge in [0.1, 0.15) is 0 Å². The third kappa shape index (κ3) is 32.1. The SMILES string of the molecule is CCCCCCCCCCCCN(CCCCCCCCCCCCC(C)C(=O)[C@@H](N)CCCNC(=N)N)C(=O)C(N)CN.Cl.Cl.Cl. The van der Waals surface area contributed by atoms with Crippen LogP contribution in [0.3, 0.4) is 0 Å². The van der Waals surface area contributed by atoms with Gasteiger partial charge in [0.25, 0.3) is 0 Å². The van der Waals surface area contributed by atoms with Crippen LogP contribution in [-0.4, -0.2) is 60.8 Å². The Bertz CT molecular complexity index is 723. The molecular formula is C35H76Cl3N7O2. The Kier molecular flexibility index (Phi) is 42.8. The summed E-state index contributed by atoms with van der Waals surface area (Å²) in [7, 11) is 0. The number of hydrogen-bond donors (Lipinski definition) is 6. The van der Waals surface area contributed by atoms with Crippen LogP contribution in [0.5, 0.6) is 0 Å². The van der Waals surface area contributed by atoms with Crippen molar-refractivity contribution >= 4 is 54.9 Å². The molecule has 0 aromatic heterocycles. The van der Waals surface area contributed by atoms with Crippen molar-refractivity contribution in [2.24, 2.45) is 28.9 Å². The van der Waals surface area contributed by atoms with Crippen LogP contribution in [-0.2, 0) is 9.59 Å². The second-order valence-corrected chi connectivity index (χ2v) is 13.1. The van der Waals surface area contributed by atoms with E-state index in [1.165, 1.54) is 103 Å². The number of nitrogens with one attached hydrogen (secondary N) is 2. The average Bonchev–Trinajstić information content (AvgIpc) is 3.01. The van der Waals surface area contributed by atoms with Gasteiger partial charge < -0.3 is 33.2 Å². The highest BCUT2D eigenvalue weighted by atomic mass is 35.5. The lowest BCUT2D eigenvalue weighted by molar-refractivity contribution is -0.132. The number of nitrogens with two attached hydrogens (primary N) is 4. The molecule has 0 spiro atoms. The van der Waals surface area contributed by atoms with Gasteiger partial charge in [0.15, 0.2) is 11.7 Å². The Hall–Kier alpha value is -0.840. The molecule has 0 saturated heterocycles. The van der Waals surface area contributed by atoms with Crippen molar-refractivity contribution in [3.05, 3.63) is 0 Å². The number of halogens is 3. The first-order valence-electron chi connectivity index (χ1n) is 18.4. The van der Waals surface area contributed by atoms with Crippen LogP contribution in [0.1, 0.15) is 162 Å². The number of Topliss-reactive ketones (excluding diaryl/α,β-unsaturated/α-hetero) is 1. The van der Waals surface area contributed by atoms with Crippen molar-refractivity contribution in [1.29, 1.82) is 5.41 Å². The van der Waals surface area contributed by atoms with Gasteiger partial charge in [-0.05, 0) is 32.1 Å². The van der Waals surface area contributed by atoms with Gasteiger partial charge in [-0.15, -0.1) is 37.2 Å². The fourth-order valence-electron chi connectivity index (χ4n) is 5.82. The molecule has 9 nitrogen and oxygen atoms in total. The summed E-state index contributed by atoms with van der Waals surface area (Å²) in [5.41, 5.74) is 23.0. The van der Waals surface area contributed by atoms with Gasteiger partial charge >= 0.3 is 0 Å². The van der Waals surface area contributed by atoms with Gasteiger partial charge in [-0.25, -0.2) is 0 Å². The predicted octanol–water partition coefficient (Wildman–Crippen LogP) is 7.37.